The Kier molecular flexibility index (Phi) is 7.79. The van der Waals surface area contributed by atoms with Crippen LogP contribution < -0.4 is 0 Å². The number of amides is 1. The Balaban J connectivity index is 0.000000345. The van der Waals surface area contributed by atoms with Gasteiger partial charge in [-0.15, -0.1) is 11.3 Å². The number of carboxylic acids is 1. The van der Waals surface area contributed by atoms with E-state index >= 15 is 0 Å². The third-order valence-corrected chi connectivity index (χ3v) is 5.62. The molecule has 0 spiro atoms. The standard InChI is InChI=1S/C15H23N3O2S.C2HF3O2/c1-17(2)15(19)5-11-9-20-10-12-6-18(7-13(11)12)8-14-16-3-4-21-14;3-2(4,5)1(6)7/h3-4,11-13H,5-10H2,1-2H3;(H,6,7)/t11-,12-,13+;/m1./s1. The summed E-state index contributed by atoms with van der Waals surface area (Å²) in [6, 6.07) is 0. The van der Waals surface area contributed by atoms with Gasteiger partial charge in [0.15, 0.2) is 0 Å². The van der Waals surface area contributed by atoms with Crippen molar-refractivity contribution in [2.45, 2.75) is 19.1 Å². The molecule has 28 heavy (non-hydrogen) atoms. The molecule has 0 aromatic carbocycles. The summed E-state index contributed by atoms with van der Waals surface area (Å²) < 4.78 is 37.5. The van der Waals surface area contributed by atoms with Gasteiger partial charge in [-0.1, -0.05) is 0 Å². The van der Waals surface area contributed by atoms with Gasteiger partial charge in [-0.25, -0.2) is 9.78 Å². The van der Waals surface area contributed by atoms with E-state index in [0.29, 0.717) is 24.2 Å². The number of aromatic nitrogens is 1. The number of likely N-dealkylation sites (tertiary alicyclic amines) is 1. The number of hydrogen-bond donors (Lipinski definition) is 1. The van der Waals surface area contributed by atoms with E-state index < -0.39 is 12.1 Å². The molecule has 2 fully saturated rings. The van der Waals surface area contributed by atoms with E-state index in [1.807, 2.05) is 25.7 Å². The Morgan fingerprint density at radius 3 is 2.57 bits per heavy atom. The smallest absolute Gasteiger partial charge is 0.475 e. The Morgan fingerprint density at radius 1 is 1.36 bits per heavy atom. The maximum Gasteiger partial charge on any atom is 0.490 e. The largest absolute Gasteiger partial charge is 0.490 e. The summed E-state index contributed by atoms with van der Waals surface area (Å²) in [4.78, 5) is 29.4. The molecule has 0 saturated carbocycles. The zero-order valence-corrected chi connectivity index (χ0v) is 16.5. The predicted octanol–water partition coefficient (Wildman–Crippen LogP) is 1.95. The van der Waals surface area contributed by atoms with Gasteiger partial charge in [0.25, 0.3) is 0 Å². The Morgan fingerprint density at radius 2 is 2.04 bits per heavy atom. The number of hydrogen-bond acceptors (Lipinski definition) is 6. The topological polar surface area (TPSA) is 83.0 Å². The second kappa shape index (κ2) is 9.66. The third-order valence-electron chi connectivity index (χ3n) is 4.86. The molecule has 1 aromatic rings. The lowest BCUT2D eigenvalue weighted by atomic mass is 9.81. The van der Waals surface area contributed by atoms with Gasteiger partial charge in [0.2, 0.25) is 5.91 Å². The van der Waals surface area contributed by atoms with Crippen LogP contribution in [0.3, 0.4) is 0 Å². The molecule has 158 valence electrons. The van der Waals surface area contributed by atoms with Gasteiger partial charge >= 0.3 is 12.1 Å². The third kappa shape index (κ3) is 6.42. The summed E-state index contributed by atoms with van der Waals surface area (Å²) in [5.74, 6) is -1.03. The lowest BCUT2D eigenvalue weighted by molar-refractivity contribution is -0.192. The maximum atomic E-state index is 12.0. The molecule has 7 nitrogen and oxygen atoms in total. The number of ether oxygens (including phenoxy) is 1. The number of fused-ring (bicyclic) bond motifs is 1. The first-order valence-electron chi connectivity index (χ1n) is 8.76. The lowest BCUT2D eigenvalue weighted by Gasteiger charge is -2.33. The van der Waals surface area contributed by atoms with Crippen LogP contribution in [0.5, 0.6) is 0 Å². The lowest BCUT2D eigenvalue weighted by Crippen LogP contribution is -2.38. The molecule has 3 heterocycles. The van der Waals surface area contributed by atoms with Gasteiger partial charge < -0.3 is 14.7 Å². The fourth-order valence-corrected chi connectivity index (χ4v) is 4.12. The van der Waals surface area contributed by atoms with Crippen LogP contribution >= 0.6 is 11.3 Å². The van der Waals surface area contributed by atoms with Crippen molar-refractivity contribution >= 4 is 23.2 Å². The predicted molar refractivity (Wildman–Crippen MR) is 95.7 cm³/mol. The van der Waals surface area contributed by atoms with E-state index in [4.69, 9.17) is 14.6 Å². The number of nitrogens with zero attached hydrogens (tertiary/aromatic N) is 3. The Bertz CT molecular complexity index is 655. The van der Waals surface area contributed by atoms with Crippen LogP contribution in [0.4, 0.5) is 13.2 Å². The highest BCUT2D eigenvalue weighted by Crippen LogP contribution is 2.36. The molecule has 2 saturated heterocycles. The summed E-state index contributed by atoms with van der Waals surface area (Å²) >= 11 is 1.71. The van der Waals surface area contributed by atoms with Crippen molar-refractivity contribution in [3.63, 3.8) is 0 Å². The van der Waals surface area contributed by atoms with E-state index in [1.54, 1.807) is 16.2 Å². The number of rotatable bonds is 4. The van der Waals surface area contributed by atoms with Gasteiger partial charge in [0.1, 0.15) is 5.01 Å². The average molecular weight is 423 g/mol. The molecule has 2 aliphatic heterocycles. The van der Waals surface area contributed by atoms with E-state index in [-0.39, 0.29) is 5.91 Å². The fourth-order valence-electron chi connectivity index (χ4n) is 3.46. The van der Waals surface area contributed by atoms with E-state index in [2.05, 4.69) is 9.88 Å². The first-order chi connectivity index (χ1) is 13.1. The molecule has 0 unspecified atom stereocenters. The molecule has 1 aromatic heterocycles. The van der Waals surface area contributed by atoms with Crippen LogP contribution in [-0.4, -0.2) is 78.3 Å². The highest BCUT2D eigenvalue weighted by atomic mass is 32.1. The van der Waals surface area contributed by atoms with Crippen LogP contribution in [0.25, 0.3) is 0 Å². The first-order valence-corrected chi connectivity index (χ1v) is 9.64. The van der Waals surface area contributed by atoms with Gasteiger partial charge in [0, 0.05) is 45.2 Å². The van der Waals surface area contributed by atoms with Gasteiger partial charge in [-0.2, -0.15) is 13.2 Å². The number of alkyl halides is 3. The second-order valence-electron chi connectivity index (χ2n) is 7.14. The van der Waals surface area contributed by atoms with Crippen molar-refractivity contribution in [1.29, 1.82) is 0 Å². The summed E-state index contributed by atoms with van der Waals surface area (Å²) in [6.07, 6.45) is -2.61. The average Bonchev–Trinajstić information content (AvgIpc) is 3.24. The molecular formula is C17H24F3N3O4S. The van der Waals surface area contributed by atoms with Crippen molar-refractivity contribution in [3.05, 3.63) is 16.6 Å². The fraction of sp³-hybridized carbons (Fsp3) is 0.706. The van der Waals surface area contributed by atoms with Gasteiger partial charge in [0.05, 0.1) is 19.8 Å². The van der Waals surface area contributed by atoms with Crippen LogP contribution in [0.15, 0.2) is 11.6 Å². The van der Waals surface area contributed by atoms with Crippen molar-refractivity contribution in [3.8, 4) is 0 Å². The highest BCUT2D eigenvalue weighted by Gasteiger charge is 2.41. The van der Waals surface area contributed by atoms with Gasteiger partial charge in [-0.3, -0.25) is 9.69 Å². The molecule has 2 aliphatic rings. The molecule has 1 amide bonds. The molecule has 3 rings (SSSR count). The van der Waals surface area contributed by atoms with Crippen LogP contribution in [0.2, 0.25) is 0 Å². The number of carboxylic acid groups (broad SMARTS) is 1. The zero-order valence-electron chi connectivity index (χ0n) is 15.7. The van der Waals surface area contributed by atoms with Crippen LogP contribution in [0, 0.1) is 17.8 Å². The second-order valence-corrected chi connectivity index (χ2v) is 8.12. The molecule has 0 aliphatic carbocycles. The van der Waals surface area contributed by atoms with Crippen molar-refractivity contribution in [1.82, 2.24) is 14.8 Å². The minimum atomic E-state index is -5.08. The SMILES string of the molecule is CN(C)C(=O)C[C@@H]1COC[C@H]2CN(Cc3nccs3)C[C@@H]12.O=C(O)C(F)(F)F. The number of carbonyl (C=O) groups excluding carboxylic acids is 1. The molecular weight excluding hydrogens is 399 g/mol. The number of carbonyl (C=O) groups is 2. The van der Waals surface area contributed by atoms with E-state index in [0.717, 1.165) is 32.8 Å². The first kappa shape index (κ1) is 22.6. The van der Waals surface area contributed by atoms with Crippen molar-refractivity contribution in [2.75, 3.05) is 40.4 Å². The van der Waals surface area contributed by atoms with Gasteiger partial charge in [-0.05, 0) is 17.8 Å². The minimum absolute atomic E-state index is 0.211. The Labute approximate surface area is 165 Å². The molecule has 0 radical (unpaired) electrons. The minimum Gasteiger partial charge on any atom is -0.475 e. The molecule has 3 atom stereocenters. The van der Waals surface area contributed by atoms with Crippen LogP contribution in [-0.2, 0) is 20.9 Å². The summed E-state index contributed by atoms with van der Waals surface area (Å²) in [5, 5.41) is 10.3. The summed E-state index contributed by atoms with van der Waals surface area (Å²) in [7, 11) is 3.65. The zero-order chi connectivity index (χ0) is 20.9. The summed E-state index contributed by atoms with van der Waals surface area (Å²) in [6.45, 7) is 4.63. The van der Waals surface area contributed by atoms with Crippen LogP contribution in [0.1, 0.15) is 11.4 Å². The van der Waals surface area contributed by atoms with Crippen molar-refractivity contribution < 1.29 is 32.6 Å². The Hall–Kier alpha value is -1.72. The maximum absolute atomic E-state index is 12.0. The number of halogens is 3. The molecule has 0 bridgehead atoms. The summed E-state index contributed by atoms with van der Waals surface area (Å²) in [5.41, 5.74) is 0. The van der Waals surface area contributed by atoms with E-state index in [1.165, 1.54) is 5.01 Å². The highest BCUT2D eigenvalue weighted by molar-refractivity contribution is 7.09. The normalized spacial score (nSPS) is 24.8. The van der Waals surface area contributed by atoms with Crippen molar-refractivity contribution in [2.24, 2.45) is 17.8 Å². The molecule has 11 heteroatoms. The van der Waals surface area contributed by atoms with E-state index in [9.17, 15) is 18.0 Å². The molecule has 1 N–H and O–H groups in total. The monoisotopic (exact) mass is 423 g/mol. The quantitative estimate of drug-likeness (QED) is 0.797. The number of aliphatic carboxylic acids is 1. The number of thiazole rings is 1.